The number of thiophene rings is 1. The van der Waals surface area contributed by atoms with Gasteiger partial charge in [0, 0.05) is 28.7 Å². The van der Waals surface area contributed by atoms with Crippen LogP contribution in [-0.2, 0) is 13.0 Å². The molecule has 0 unspecified atom stereocenters. The van der Waals surface area contributed by atoms with Gasteiger partial charge in [-0.1, -0.05) is 19.1 Å². The van der Waals surface area contributed by atoms with Crippen molar-refractivity contribution in [1.29, 1.82) is 0 Å². The van der Waals surface area contributed by atoms with E-state index in [-0.39, 0.29) is 10.6 Å². The molecule has 94 valence electrons. The third-order valence-electron chi connectivity index (χ3n) is 2.71. The highest BCUT2D eigenvalue weighted by molar-refractivity contribution is 7.09. The van der Waals surface area contributed by atoms with Crippen molar-refractivity contribution >= 4 is 22.7 Å². The average molecular weight is 262 g/mol. The van der Waals surface area contributed by atoms with Gasteiger partial charge in [0.05, 0.1) is 4.92 Å². The van der Waals surface area contributed by atoms with E-state index in [2.05, 4.69) is 5.32 Å². The van der Waals surface area contributed by atoms with E-state index >= 15 is 0 Å². The normalized spacial score (nSPS) is 10.3. The minimum atomic E-state index is -0.324. The molecule has 0 amide bonds. The lowest BCUT2D eigenvalue weighted by Crippen LogP contribution is -2.00. The van der Waals surface area contributed by atoms with Crippen LogP contribution < -0.4 is 5.32 Å². The summed E-state index contributed by atoms with van der Waals surface area (Å²) in [5, 5.41) is 16.2. The number of nitrogens with zero attached hydrogens (tertiary/aromatic N) is 1. The standard InChI is InChI=1S/C13H14N2O2S/c1-2-10-5-6-11(8-13(10)15(16)17)14-9-12-4-3-7-18-12/h3-8,14H,2,9H2,1H3. The second-order valence-electron chi connectivity index (χ2n) is 3.89. The molecule has 1 aromatic heterocycles. The van der Waals surface area contributed by atoms with Crippen LogP contribution in [0.1, 0.15) is 17.4 Å². The van der Waals surface area contributed by atoms with Gasteiger partial charge in [-0.2, -0.15) is 0 Å². The maximum atomic E-state index is 10.9. The smallest absolute Gasteiger partial charge is 0.274 e. The SMILES string of the molecule is CCc1ccc(NCc2cccs2)cc1[N+](=O)[O-]. The maximum Gasteiger partial charge on any atom is 0.274 e. The minimum absolute atomic E-state index is 0.189. The molecule has 0 saturated heterocycles. The zero-order valence-electron chi connectivity index (χ0n) is 10.1. The van der Waals surface area contributed by atoms with Gasteiger partial charge in [-0.15, -0.1) is 11.3 Å². The number of hydrogen-bond acceptors (Lipinski definition) is 4. The van der Waals surface area contributed by atoms with Gasteiger partial charge in [0.15, 0.2) is 0 Å². The summed E-state index contributed by atoms with van der Waals surface area (Å²) < 4.78 is 0. The highest BCUT2D eigenvalue weighted by Crippen LogP contribution is 2.24. The summed E-state index contributed by atoms with van der Waals surface area (Å²) >= 11 is 1.66. The number of benzene rings is 1. The number of rotatable bonds is 5. The second kappa shape index (κ2) is 5.64. The molecule has 0 aliphatic heterocycles. The first kappa shape index (κ1) is 12.6. The average Bonchev–Trinajstić information content (AvgIpc) is 2.89. The molecule has 0 radical (unpaired) electrons. The van der Waals surface area contributed by atoms with E-state index in [0.717, 1.165) is 11.3 Å². The molecular weight excluding hydrogens is 248 g/mol. The molecule has 0 fully saturated rings. The highest BCUT2D eigenvalue weighted by Gasteiger charge is 2.12. The molecule has 0 aliphatic carbocycles. The third kappa shape index (κ3) is 2.87. The van der Waals surface area contributed by atoms with E-state index in [9.17, 15) is 10.1 Å². The Bertz CT molecular complexity index is 538. The lowest BCUT2D eigenvalue weighted by atomic mass is 10.1. The second-order valence-corrected chi connectivity index (χ2v) is 4.92. The highest BCUT2D eigenvalue weighted by atomic mass is 32.1. The van der Waals surface area contributed by atoms with Gasteiger partial charge >= 0.3 is 0 Å². The van der Waals surface area contributed by atoms with Crippen LogP contribution >= 0.6 is 11.3 Å². The fourth-order valence-corrected chi connectivity index (χ4v) is 2.39. The Morgan fingerprint density at radius 3 is 2.83 bits per heavy atom. The molecular formula is C13H14N2O2S. The Balaban J connectivity index is 2.14. The van der Waals surface area contributed by atoms with E-state index in [1.54, 1.807) is 17.4 Å². The van der Waals surface area contributed by atoms with E-state index in [1.165, 1.54) is 4.88 Å². The van der Waals surface area contributed by atoms with Gasteiger partial charge in [-0.05, 0) is 23.9 Å². The van der Waals surface area contributed by atoms with Gasteiger partial charge in [0.25, 0.3) is 5.69 Å². The van der Waals surface area contributed by atoms with Crippen LogP contribution in [0.5, 0.6) is 0 Å². The molecule has 2 rings (SSSR count). The van der Waals surface area contributed by atoms with Crippen molar-refractivity contribution in [2.75, 3.05) is 5.32 Å². The predicted octanol–water partition coefficient (Wildman–Crippen LogP) is 3.83. The maximum absolute atomic E-state index is 10.9. The lowest BCUT2D eigenvalue weighted by Gasteiger charge is -2.06. The molecule has 4 nitrogen and oxygen atoms in total. The van der Waals surface area contributed by atoms with Gasteiger partial charge < -0.3 is 5.32 Å². The Kier molecular flexibility index (Phi) is 3.94. The summed E-state index contributed by atoms with van der Waals surface area (Å²) in [5.41, 5.74) is 1.74. The van der Waals surface area contributed by atoms with Crippen molar-refractivity contribution in [3.05, 3.63) is 56.3 Å². The first-order chi connectivity index (χ1) is 8.70. The number of nitro benzene ring substituents is 1. The van der Waals surface area contributed by atoms with Crippen molar-refractivity contribution in [3.63, 3.8) is 0 Å². The van der Waals surface area contributed by atoms with E-state index in [1.807, 2.05) is 36.6 Å². The van der Waals surface area contributed by atoms with Crippen LogP contribution in [0.4, 0.5) is 11.4 Å². The van der Waals surface area contributed by atoms with Crippen LogP contribution in [0.3, 0.4) is 0 Å². The third-order valence-corrected chi connectivity index (χ3v) is 3.59. The Labute approximate surface area is 109 Å². The quantitative estimate of drug-likeness (QED) is 0.658. The van der Waals surface area contributed by atoms with Gasteiger partial charge in [-0.25, -0.2) is 0 Å². The molecule has 1 aromatic carbocycles. The van der Waals surface area contributed by atoms with Crippen molar-refractivity contribution in [1.82, 2.24) is 0 Å². The van der Waals surface area contributed by atoms with Gasteiger partial charge in [0.1, 0.15) is 0 Å². The predicted molar refractivity (Wildman–Crippen MR) is 74.1 cm³/mol. The summed E-state index contributed by atoms with van der Waals surface area (Å²) in [6.45, 7) is 2.61. The van der Waals surface area contributed by atoms with Crippen LogP contribution in [-0.4, -0.2) is 4.92 Å². The summed E-state index contributed by atoms with van der Waals surface area (Å²) in [4.78, 5) is 11.8. The molecule has 18 heavy (non-hydrogen) atoms. The molecule has 0 bridgehead atoms. The van der Waals surface area contributed by atoms with E-state index in [0.29, 0.717) is 13.0 Å². The summed E-state index contributed by atoms with van der Waals surface area (Å²) in [5.74, 6) is 0. The zero-order valence-corrected chi connectivity index (χ0v) is 10.9. The van der Waals surface area contributed by atoms with Crippen molar-refractivity contribution in [2.24, 2.45) is 0 Å². The number of nitrogens with one attached hydrogen (secondary N) is 1. The molecule has 0 spiro atoms. The number of nitro groups is 1. The molecule has 2 aromatic rings. The topological polar surface area (TPSA) is 55.2 Å². The molecule has 0 saturated carbocycles. The monoisotopic (exact) mass is 262 g/mol. The van der Waals surface area contributed by atoms with Crippen molar-refractivity contribution in [3.8, 4) is 0 Å². The first-order valence-electron chi connectivity index (χ1n) is 5.74. The number of aryl methyl sites for hydroxylation is 1. The fraction of sp³-hybridized carbons (Fsp3) is 0.231. The summed E-state index contributed by atoms with van der Waals surface area (Å²) in [7, 11) is 0. The molecule has 1 heterocycles. The zero-order chi connectivity index (χ0) is 13.0. The summed E-state index contributed by atoms with van der Waals surface area (Å²) in [6, 6.07) is 9.33. The molecule has 5 heteroatoms. The fourth-order valence-electron chi connectivity index (χ4n) is 1.75. The largest absolute Gasteiger partial charge is 0.380 e. The minimum Gasteiger partial charge on any atom is -0.380 e. The Morgan fingerprint density at radius 2 is 2.22 bits per heavy atom. The van der Waals surface area contributed by atoms with E-state index in [4.69, 9.17) is 0 Å². The van der Waals surface area contributed by atoms with Crippen LogP contribution in [0, 0.1) is 10.1 Å². The molecule has 0 aliphatic rings. The van der Waals surface area contributed by atoms with Crippen molar-refractivity contribution < 1.29 is 4.92 Å². The number of anilines is 1. The van der Waals surface area contributed by atoms with Crippen LogP contribution in [0.25, 0.3) is 0 Å². The Morgan fingerprint density at radius 1 is 1.39 bits per heavy atom. The van der Waals surface area contributed by atoms with Gasteiger partial charge in [0.2, 0.25) is 0 Å². The van der Waals surface area contributed by atoms with Crippen LogP contribution in [0.15, 0.2) is 35.7 Å². The van der Waals surface area contributed by atoms with Gasteiger partial charge in [-0.3, -0.25) is 10.1 Å². The van der Waals surface area contributed by atoms with Crippen molar-refractivity contribution in [2.45, 2.75) is 19.9 Å². The molecule has 0 atom stereocenters. The van der Waals surface area contributed by atoms with Crippen LogP contribution in [0.2, 0.25) is 0 Å². The molecule has 1 N–H and O–H groups in total. The Hall–Kier alpha value is -1.88. The lowest BCUT2D eigenvalue weighted by molar-refractivity contribution is -0.385. The van der Waals surface area contributed by atoms with E-state index < -0.39 is 0 Å². The number of hydrogen-bond donors (Lipinski definition) is 1. The first-order valence-corrected chi connectivity index (χ1v) is 6.62. The summed E-state index contributed by atoms with van der Waals surface area (Å²) in [6.07, 6.45) is 0.668.